The van der Waals surface area contributed by atoms with Crippen molar-refractivity contribution in [1.29, 1.82) is 0 Å². The van der Waals surface area contributed by atoms with Gasteiger partial charge in [0.25, 0.3) is 0 Å². The second-order valence-corrected chi connectivity index (χ2v) is 7.23. The molecule has 2 aromatic carbocycles. The minimum absolute atomic E-state index is 0.00438. The molecule has 3 aromatic rings. The smallest absolute Gasteiger partial charge is 0.379 e. The molecule has 1 heterocycles. The van der Waals surface area contributed by atoms with E-state index in [0.29, 0.717) is 17.9 Å². The van der Waals surface area contributed by atoms with Gasteiger partial charge in [-0.1, -0.05) is 30.3 Å². The number of hydrogen-bond acceptors (Lipinski definition) is 5. The second-order valence-electron chi connectivity index (χ2n) is 6.24. The Morgan fingerprint density at radius 2 is 1.90 bits per heavy atom. The summed E-state index contributed by atoms with van der Waals surface area (Å²) in [6.45, 7) is 2.01. The van der Waals surface area contributed by atoms with Crippen LogP contribution in [0.3, 0.4) is 0 Å². The third kappa shape index (κ3) is 5.47. The summed E-state index contributed by atoms with van der Waals surface area (Å²) in [7, 11) is 0. The van der Waals surface area contributed by atoms with E-state index in [9.17, 15) is 18.0 Å². The Bertz CT molecular complexity index is 1010. The lowest BCUT2D eigenvalue weighted by atomic mass is 10.0. The highest BCUT2D eigenvalue weighted by atomic mass is 79.9. The molecule has 1 amide bonds. The molecule has 0 aliphatic heterocycles. The Labute approximate surface area is 178 Å². The van der Waals surface area contributed by atoms with Crippen molar-refractivity contribution in [2.24, 2.45) is 0 Å². The van der Waals surface area contributed by atoms with Crippen molar-refractivity contribution in [2.45, 2.75) is 18.4 Å². The first-order valence-electron chi connectivity index (χ1n) is 8.66. The van der Waals surface area contributed by atoms with Crippen LogP contribution in [0.1, 0.15) is 11.1 Å². The Kier molecular flexibility index (Phi) is 6.56. The second kappa shape index (κ2) is 9.12. The maximum Gasteiger partial charge on any atom is 0.379 e. The number of benzene rings is 2. The lowest BCUT2D eigenvalue weighted by molar-refractivity contribution is -0.133. The first-order chi connectivity index (χ1) is 14.2. The number of alkyl halides is 3. The number of aryl methyl sites for hydroxylation is 1. The number of carbonyl (C=O) groups excluding carboxylic acids is 1. The molecule has 0 saturated carbocycles. The minimum atomic E-state index is -3.72. The van der Waals surface area contributed by atoms with Crippen LogP contribution in [0.15, 0.2) is 54.9 Å². The number of halogens is 4. The van der Waals surface area contributed by atoms with Gasteiger partial charge in [-0.3, -0.25) is 20.6 Å². The topological polar surface area (TPSA) is 76.1 Å². The van der Waals surface area contributed by atoms with Crippen molar-refractivity contribution in [3.05, 3.63) is 71.8 Å². The predicted molar refractivity (Wildman–Crippen MR) is 109 cm³/mol. The van der Waals surface area contributed by atoms with E-state index in [1.807, 2.05) is 46.3 Å². The summed E-state index contributed by atoms with van der Waals surface area (Å²) in [4.78, 5) is 15.4. The molecule has 0 spiro atoms. The van der Waals surface area contributed by atoms with Crippen LogP contribution in [0.25, 0.3) is 11.3 Å². The molecule has 3 rings (SSSR count). The predicted octanol–water partition coefficient (Wildman–Crippen LogP) is 4.60. The minimum Gasteiger partial charge on any atom is -0.489 e. The van der Waals surface area contributed by atoms with E-state index in [-0.39, 0.29) is 17.1 Å². The monoisotopic (exact) mass is 480 g/mol. The van der Waals surface area contributed by atoms with Crippen molar-refractivity contribution >= 4 is 27.7 Å². The number of ether oxygens (including phenoxy) is 1. The summed E-state index contributed by atoms with van der Waals surface area (Å²) >= 11 is 1.93. The van der Waals surface area contributed by atoms with Gasteiger partial charge in [-0.05, 0) is 24.1 Å². The number of aromatic nitrogens is 2. The van der Waals surface area contributed by atoms with Crippen LogP contribution in [0.5, 0.6) is 5.75 Å². The molecular formula is C20H16BrF3N4O2. The highest BCUT2D eigenvalue weighted by molar-refractivity contribution is 9.10. The molecule has 0 radical (unpaired) electrons. The summed E-state index contributed by atoms with van der Waals surface area (Å²) in [5.74, 6) is -1.76. The summed E-state index contributed by atoms with van der Waals surface area (Å²) < 4.78 is 45.9. The Morgan fingerprint density at radius 3 is 2.50 bits per heavy atom. The molecule has 1 aromatic heterocycles. The van der Waals surface area contributed by atoms with Gasteiger partial charge < -0.3 is 4.74 Å². The van der Waals surface area contributed by atoms with Crippen molar-refractivity contribution < 1.29 is 22.7 Å². The number of hydrazine groups is 1. The van der Waals surface area contributed by atoms with Gasteiger partial charge in [-0.15, -0.1) is 0 Å². The number of hydrogen-bond donors (Lipinski definition) is 2. The lowest BCUT2D eigenvalue weighted by Gasteiger charge is -2.13. The molecule has 0 fully saturated rings. The van der Waals surface area contributed by atoms with Gasteiger partial charge in [-0.2, -0.15) is 8.78 Å². The first kappa shape index (κ1) is 21.6. The fraction of sp³-hybridized carbons (Fsp3) is 0.150. The molecule has 30 heavy (non-hydrogen) atoms. The van der Waals surface area contributed by atoms with Crippen molar-refractivity contribution in [3.8, 4) is 17.0 Å². The number of nitrogens with one attached hydrogen (secondary N) is 2. The van der Waals surface area contributed by atoms with E-state index in [1.54, 1.807) is 18.4 Å². The number of carbonyl (C=O) groups is 1. The number of nitrogens with zero attached hydrogens (tertiary/aromatic N) is 2. The Balaban J connectivity index is 1.70. The molecule has 0 atom stereocenters. The normalized spacial score (nSPS) is 11.1. The molecule has 10 heteroatoms. The van der Waals surface area contributed by atoms with Crippen molar-refractivity contribution in [1.82, 2.24) is 15.4 Å². The van der Waals surface area contributed by atoms with Crippen LogP contribution in [-0.2, 0) is 11.4 Å². The molecule has 0 aliphatic carbocycles. The zero-order valence-electron chi connectivity index (χ0n) is 15.6. The largest absolute Gasteiger partial charge is 0.489 e. The number of rotatable bonds is 7. The van der Waals surface area contributed by atoms with Crippen LogP contribution in [-0.4, -0.2) is 20.7 Å². The zero-order chi connectivity index (χ0) is 21.7. The third-order valence-corrected chi connectivity index (χ3v) is 4.34. The van der Waals surface area contributed by atoms with E-state index in [1.165, 1.54) is 18.5 Å². The molecule has 156 valence electrons. The van der Waals surface area contributed by atoms with Crippen LogP contribution >= 0.6 is 15.9 Å². The number of amides is 1. The van der Waals surface area contributed by atoms with Crippen LogP contribution in [0.2, 0.25) is 0 Å². The van der Waals surface area contributed by atoms with Crippen LogP contribution in [0.4, 0.5) is 19.0 Å². The maximum absolute atomic E-state index is 14.7. The summed E-state index contributed by atoms with van der Waals surface area (Å²) in [6.07, 6.45) is 2.44. The highest BCUT2D eigenvalue weighted by Gasteiger charge is 2.34. The Hall–Kier alpha value is -3.14. The SMILES string of the molecule is Cc1cc(OCc2ccccc2)cc(F)c1-c1cnc(NNC(=O)C(F)(F)Br)cn1. The molecule has 2 N–H and O–H groups in total. The Morgan fingerprint density at radius 1 is 1.17 bits per heavy atom. The van der Waals surface area contributed by atoms with Crippen LogP contribution < -0.4 is 15.6 Å². The first-order valence-corrected chi connectivity index (χ1v) is 9.46. The molecular weight excluding hydrogens is 465 g/mol. The molecule has 6 nitrogen and oxygen atoms in total. The van der Waals surface area contributed by atoms with Crippen LogP contribution in [0, 0.1) is 12.7 Å². The van der Waals surface area contributed by atoms with E-state index >= 15 is 0 Å². The average molecular weight is 481 g/mol. The van der Waals surface area contributed by atoms with Crippen molar-refractivity contribution in [2.75, 3.05) is 5.43 Å². The van der Waals surface area contributed by atoms with E-state index in [0.717, 1.165) is 5.56 Å². The highest BCUT2D eigenvalue weighted by Crippen LogP contribution is 2.29. The standard InChI is InChI=1S/C20H16BrF3N4O2/c1-12-7-14(30-11-13-5-3-2-4-6-13)8-15(22)18(12)16-9-26-17(10-25-16)27-28-19(29)20(21,23)24/h2-10H,11H2,1H3,(H,26,27)(H,28,29). The van der Waals surface area contributed by atoms with Crippen molar-refractivity contribution in [3.63, 3.8) is 0 Å². The quantitative estimate of drug-likeness (QED) is 0.381. The summed E-state index contributed by atoms with van der Waals surface area (Å²) in [5, 5.41) is 0. The van der Waals surface area contributed by atoms with Gasteiger partial charge in [0.15, 0.2) is 5.82 Å². The summed E-state index contributed by atoms with van der Waals surface area (Å²) in [6, 6.07) is 12.4. The van der Waals surface area contributed by atoms with E-state index in [4.69, 9.17) is 4.74 Å². The van der Waals surface area contributed by atoms with E-state index in [2.05, 4.69) is 15.4 Å². The fourth-order valence-corrected chi connectivity index (χ4v) is 2.67. The molecule has 0 unspecified atom stereocenters. The number of anilines is 1. The van der Waals surface area contributed by atoms with Gasteiger partial charge in [0.1, 0.15) is 18.2 Å². The van der Waals surface area contributed by atoms with Gasteiger partial charge in [-0.25, -0.2) is 9.37 Å². The van der Waals surface area contributed by atoms with E-state index < -0.39 is 16.6 Å². The molecule has 0 bridgehead atoms. The molecule has 0 saturated heterocycles. The third-order valence-electron chi connectivity index (χ3n) is 3.98. The van der Waals surface area contributed by atoms with Gasteiger partial charge in [0, 0.05) is 27.6 Å². The van der Waals surface area contributed by atoms with Gasteiger partial charge in [0.2, 0.25) is 0 Å². The fourth-order valence-electron chi connectivity index (χ4n) is 2.57. The lowest BCUT2D eigenvalue weighted by Crippen LogP contribution is -2.39. The maximum atomic E-state index is 14.7. The van der Waals surface area contributed by atoms with Gasteiger partial charge in [0.05, 0.1) is 18.1 Å². The zero-order valence-corrected chi connectivity index (χ0v) is 17.2. The molecule has 0 aliphatic rings. The summed E-state index contributed by atoms with van der Waals surface area (Å²) in [5.41, 5.74) is 5.99. The average Bonchev–Trinajstić information content (AvgIpc) is 2.71. The van der Waals surface area contributed by atoms with Gasteiger partial charge >= 0.3 is 10.7 Å².